The van der Waals surface area contributed by atoms with E-state index in [-0.39, 0.29) is 48.2 Å². The SMILES string of the molecule is N#Cc1ccc(S(=O)(=O)N2CCC(C(=O)N(Cc3ccccc3F)C3CC3)CC2)cc1. The van der Waals surface area contributed by atoms with Crippen LogP contribution in [0.25, 0.3) is 0 Å². The maximum atomic E-state index is 14.1. The zero-order valence-electron chi connectivity index (χ0n) is 17.1. The number of carbonyl (C=O) groups excluding carboxylic acids is 1. The molecule has 1 saturated carbocycles. The molecule has 2 aliphatic rings. The quantitative estimate of drug-likeness (QED) is 0.689. The summed E-state index contributed by atoms with van der Waals surface area (Å²) in [5, 5.41) is 8.89. The Kier molecular flexibility index (Phi) is 6.08. The van der Waals surface area contributed by atoms with Gasteiger partial charge in [-0.05, 0) is 56.0 Å². The van der Waals surface area contributed by atoms with E-state index in [9.17, 15) is 17.6 Å². The number of halogens is 1. The Bertz CT molecular complexity index is 1100. The van der Waals surface area contributed by atoms with Crippen molar-refractivity contribution in [3.63, 3.8) is 0 Å². The molecule has 0 bridgehead atoms. The number of hydrogen-bond acceptors (Lipinski definition) is 4. The number of rotatable bonds is 6. The van der Waals surface area contributed by atoms with Crippen molar-refractivity contribution in [2.45, 2.75) is 43.2 Å². The summed E-state index contributed by atoms with van der Waals surface area (Å²) in [6, 6.07) is 14.5. The lowest BCUT2D eigenvalue weighted by Crippen LogP contribution is -2.44. The molecule has 1 aliphatic carbocycles. The van der Waals surface area contributed by atoms with Crippen LogP contribution in [0, 0.1) is 23.1 Å². The van der Waals surface area contributed by atoms with E-state index < -0.39 is 10.0 Å². The maximum absolute atomic E-state index is 14.1. The van der Waals surface area contributed by atoms with Crippen LogP contribution < -0.4 is 0 Å². The minimum absolute atomic E-state index is 0.0128. The molecule has 0 aromatic heterocycles. The van der Waals surface area contributed by atoms with E-state index in [1.54, 1.807) is 23.1 Å². The summed E-state index contributed by atoms with van der Waals surface area (Å²) >= 11 is 0. The molecule has 31 heavy (non-hydrogen) atoms. The minimum atomic E-state index is -3.67. The lowest BCUT2D eigenvalue weighted by atomic mass is 9.96. The van der Waals surface area contributed by atoms with Crippen molar-refractivity contribution < 1.29 is 17.6 Å². The van der Waals surface area contributed by atoms with Crippen LogP contribution in [0.3, 0.4) is 0 Å². The Balaban J connectivity index is 1.42. The third-order valence-corrected chi connectivity index (χ3v) is 7.91. The van der Waals surface area contributed by atoms with Crippen molar-refractivity contribution in [3.05, 3.63) is 65.5 Å². The van der Waals surface area contributed by atoms with Gasteiger partial charge in [-0.3, -0.25) is 4.79 Å². The lowest BCUT2D eigenvalue weighted by molar-refractivity contribution is -0.138. The molecular formula is C23H24FN3O3S. The molecule has 1 saturated heterocycles. The molecule has 0 radical (unpaired) electrons. The van der Waals surface area contributed by atoms with Gasteiger partial charge in [-0.2, -0.15) is 9.57 Å². The predicted molar refractivity (Wildman–Crippen MR) is 113 cm³/mol. The smallest absolute Gasteiger partial charge is 0.243 e. The average molecular weight is 442 g/mol. The van der Waals surface area contributed by atoms with Crippen molar-refractivity contribution in [1.82, 2.24) is 9.21 Å². The van der Waals surface area contributed by atoms with Crippen LogP contribution in [0.15, 0.2) is 53.4 Å². The van der Waals surface area contributed by atoms with Crippen LogP contribution >= 0.6 is 0 Å². The fraction of sp³-hybridized carbons (Fsp3) is 0.391. The highest BCUT2D eigenvalue weighted by Gasteiger charge is 2.39. The molecular weight excluding hydrogens is 417 g/mol. The number of piperidine rings is 1. The van der Waals surface area contributed by atoms with Crippen LogP contribution in [-0.4, -0.2) is 42.7 Å². The molecule has 0 atom stereocenters. The van der Waals surface area contributed by atoms with Gasteiger partial charge in [0.15, 0.2) is 0 Å². The second kappa shape index (κ2) is 8.77. The number of sulfonamides is 1. The molecule has 0 unspecified atom stereocenters. The Morgan fingerprint density at radius 1 is 1.06 bits per heavy atom. The summed E-state index contributed by atoms with van der Waals surface area (Å²) in [5.74, 6) is -0.592. The summed E-state index contributed by atoms with van der Waals surface area (Å²) in [4.78, 5) is 15.1. The third-order valence-electron chi connectivity index (χ3n) is 5.99. The topological polar surface area (TPSA) is 81.5 Å². The normalized spacial score (nSPS) is 17.8. The van der Waals surface area contributed by atoms with Gasteiger partial charge in [0, 0.05) is 37.2 Å². The maximum Gasteiger partial charge on any atom is 0.243 e. The lowest BCUT2D eigenvalue weighted by Gasteiger charge is -2.34. The zero-order chi connectivity index (χ0) is 22.0. The van der Waals surface area contributed by atoms with Gasteiger partial charge in [0.1, 0.15) is 5.82 Å². The second-order valence-corrected chi connectivity index (χ2v) is 10.0. The van der Waals surface area contributed by atoms with Crippen molar-refractivity contribution in [3.8, 4) is 6.07 Å². The third kappa shape index (κ3) is 4.63. The fourth-order valence-electron chi connectivity index (χ4n) is 4.01. The summed E-state index contributed by atoms with van der Waals surface area (Å²) in [5.41, 5.74) is 0.904. The molecule has 6 nitrogen and oxygen atoms in total. The standard InChI is InChI=1S/C23H24FN3O3S/c24-22-4-2-1-3-19(22)16-27(20-7-8-20)23(28)18-11-13-26(14-12-18)31(29,30)21-9-5-17(15-25)6-10-21/h1-6,9-10,18,20H,7-8,11-14,16H2. The molecule has 1 heterocycles. The Morgan fingerprint density at radius 3 is 2.29 bits per heavy atom. The van der Waals surface area contributed by atoms with E-state index >= 15 is 0 Å². The van der Waals surface area contributed by atoms with Crippen molar-refractivity contribution >= 4 is 15.9 Å². The largest absolute Gasteiger partial charge is 0.335 e. The van der Waals surface area contributed by atoms with E-state index in [4.69, 9.17) is 5.26 Å². The van der Waals surface area contributed by atoms with Gasteiger partial charge in [-0.15, -0.1) is 0 Å². The Hall–Kier alpha value is -2.76. The fourth-order valence-corrected chi connectivity index (χ4v) is 5.48. The molecule has 2 aromatic carbocycles. The summed E-state index contributed by atoms with van der Waals surface area (Å²) in [6.45, 7) is 0.772. The van der Waals surface area contributed by atoms with Gasteiger partial charge in [-0.1, -0.05) is 18.2 Å². The monoisotopic (exact) mass is 441 g/mol. The van der Waals surface area contributed by atoms with Crippen LogP contribution in [0.5, 0.6) is 0 Å². The first-order valence-electron chi connectivity index (χ1n) is 10.4. The second-order valence-electron chi connectivity index (χ2n) is 8.10. The van der Waals surface area contributed by atoms with Gasteiger partial charge in [0.2, 0.25) is 15.9 Å². The number of nitriles is 1. The summed E-state index contributed by atoms with van der Waals surface area (Å²) in [6.07, 6.45) is 2.72. The molecule has 1 amide bonds. The van der Waals surface area contributed by atoms with E-state index in [1.165, 1.54) is 34.6 Å². The van der Waals surface area contributed by atoms with E-state index in [0.717, 1.165) is 12.8 Å². The van der Waals surface area contributed by atoms with Gasteiger partial charge < -0.3 is 4.90 Å². The number of nitrogens with zero attached hydrogens (tertiary/aromatic N) is 3. The van der Waals surface area contributed by atoms with E-state index in [0.29, 0.717) is 24.0 Å². The van der Waals surface area contributed by atoms with Crippen molar-refractivity contribution in [1.29, 1.82) is 5.26 Å². The highest BCUT2D eigenvalue weighted by molar-refractivity contribution is 7.89. The Morgan fingerprint density at radius 2 is 1.71 bits per heavy atom. The van der Waals surface area contributed by atoms with Crippen LogP contribution in [-0.2, 0) is 21.4 Å². The number of benzene rings is 2. The van der Waals surface area contributed by atoms with Crippen LogP contribution in [0.2, 0.25) is 0 Å². The van der Waals surface area contributed by atoms with Gasteiger partial charge in [0.05, 0.1) is 16.5 Å². The molecule has 4 rings (SSSR count). The predicted octanol–water partition coefficient (Wildman–Crippen LogP) is 3.29. The summed E-state index contributed by atoms with van der Waals surface area (Å²) in [7, 11) is -3.67. The zero-order valence-corrected chi connectivity index (χ0v) is 17.9. The molecule has 2 aromatic rings. The van der Waals surface area contributed by atoms with Gasteiger partial charge in [0.25, 0.3) is 0 Å². The number of amides is 1. The first-order chi connectivity index (χ1) is 14.9. The van der Waals surface area contributed by atoms with Crippen molar-refractivity contribution in [2.24, 2.45) is 5.92 Å². The summed E-state index contributed by atoms with van der Waals surface area (Å²) < 4.78 is 41.3. The van der Waals surface area contributed by atoms with Crippen molar-refractivity contribution in [2.75, 3.05) is 13.1 Å². The van der Waals surface area contributed by atoms with Crippen LogP contribution in [0.1, 0.15) is 36.8 Å². The van der Waals surface area contributed by atoms with Crippen LogP contribution in [0.4, 0.5) is 4.39 Å². The van der Waals surface area contributed by atoms with Gasteiger partial charge >= 0.3 is 0 Å². The molecule has 2 fully saturated rings. The number of hydrogen-bond donors (Lipinski definition) is 0. The highest BCUT2D eigenvalue weighted by Crippen LogP contribution is 2.33. The first kappa shape index (κ1) is 21.5. The van der Waals surface area contributed by atoms with E-state index in [2.05, 4.69) is 0 Å². The average Bonchev–Trinajstić information content (AvgIpc) is 3.63. The molecule has 0 N–H and O–H groups in total. The Labute approximate surface area is 181 Å². The molecule has 0 spiro atoms. The highest BCUT2D eigenvalue weighted by atomic mass is 32.2. The minimum Gasteiger partial charge on any atom is -0.335 e. The van der Waals surface area contributed by atoms with E-state index in [1.807, 2.05) is 6.07 Å². The number of carbonyl (C=O) groups is 1. The molecule has 8 heteroatoms. The molecule has 162 valence electrons. The van der Waals surface area contributed by atoms with Gasteiger partial charge in [-0.25, -0.2) is 12.8 Å². The molecule has 1 aliphatic heterocycles. The first-order valence-corrected chi connectivity index (χ1v) is 11.9.